The Morgan fingerprint density at radius 1 is 1.11 bits per heavy atom. The highest BCUT2D eigenvalue weighted by Gasteiger charge is 2.17. The molecule has 0 amide bonds. The molecule has 2 N–H and O–H groups in total. The van der Waals surface area contributed by atoms with Gasteiger partial charge in [-0.05, 0) is 25.2 Å². The first-order valence-electron chi connectivity index (χ1n) is 7.19. The van der Waals surface area contributed by atoms with Gasteiger partial charge < -0.3 is 5.32 Å². The van der Waals surface area contributed by atoms with E-state index in [9.17, 15) is 8.42 Å². The minimum absolute atomic E-state index is 0.494. The van der Waals surface area contributed by atoms with Crippen LogP contribution in [0.15, 0.2) is 0 Å². The highest BCUT2D eigenvalue weighted by atomic mass is 32.2. The van der Waals surface area contributed by atoms with E-state index in [1.807, 2.05) is 0 Å². The lowest BCUT2D eigenvalue weighted by molar-refractivity contribution is 0.410. The Hall–Kier alpha value is -0.130. The monoisotopic (exact) mass is 276 g/mol. The van der Waals surface area contributed by atoms with Gasteiger partial charge >= 0.3 is 0 Å². The Balaban J connectivity index is 2.15. The van der Waals surface area contributed by atoms with E-state index < -0.39 is 10.0 Å². The first-order valence-corrected chi connectivity index (χ1v) is 9.08. The summed E-state index contributed by atoms with van der Waals surface area (Å²) in [6.07, 6.45) is 10.3. The van der Waals surface area contributed by atoms with E-state index in [-0.39, 0.29) is 0 Å². The zero-order valence-electron chi connectivity index (χ0n) is 11.7. The van der Waals surface area contributed by atoms with E-state index in [2.05, 4.69) is 17.0 Å². The average Bonchev–Trinajstić information content (AvgIpc) is 2.50. The fraction of sp³-hybridized carbons (Fsp3) is 1.00. The van der Waals surface area contributed by atoms with Crippen molar-refractivity contribution in [3.05, 3.63) is 0 Å². The molecule has 1 aliphatic rings. The van der Waals surface area contributed by atoms with Crippen LogP contribution < -0.4 is 10.0 Å². The van der Waals surface area contributed by atoms with Crippen molar-refractivity contribution < 1.29 is 8.42 Å². The molecular weight excluding hydrogens is 248 g/mol. The van der Waals surface area contributed by atoms with Crippen LogP contribution in [-0.2, 0) is 10.0 Å². The molecule has 2 atom stereocenters. The first kappa shape index (κ1) is 15.9. The fourth-order valence-electron chi connectivity index (χ4n) is 2.79. The second kappa shape index (κ2) is 8.12. The second-order valence-electron chi connectivity index (χ2n) is 5.48. The maximum Gasteiger partial charge on any atom is 0.208 e. The number of hydrogen-bond donors (Lipinski definition) is 2. The molecule has 0 spiro atoms. The molecule has 18 heavy (non-hydrogen) atoms. The van der Waals surface area contributed by atoms with Gasteiger partial charge in [-0.2, -0.15) is 0 Å². The van der Waals surface area contributed by atoms with E-state index in [4.69, 9.17) is 0 Å². The molecule has 0 bridgehead atoms. The minimum Gasteiger partial charge on any atom is -0.313 e. The predicted molar refractivity (Wildman–Crippen MR) is 76.1 cm³/mol. The van der Waals surface area contributed by atoms with Crippen molar-refractivity contribution in [3.8, 4) is 0 Å². The average molecular weight is 276 g/mol. The van der Waals surface area contributed by atoms with Crippen LogP contribution in [0.25, 0.3) is 0 Å². The molecule has 1 fully saturated rings. The SMILES string of the molecule is CCCC1CCCC(NCCNS(C)(=O)=O)CC1. The van der Waals surface area contributed by atoms with Gasteiger partial charge in [-0.1, -0.05) is 32.6 Å². The van der Waals surface area contributed by atoms with Gasteiger partial charge in [-0.3, -0.25) is 0 Å². The predicted octanol–water partition coefficient (Wildman–Crippen LogP) is 1.87. The lowest BCUT2D eigenvalue weighted by Gasteiger charge is -2.16. The topological polar surface area (TPSA) is 58.2 Å². The van der Waals surface area contributed by atoms with Crippen molar-refractivity contribution in [2.24, 2.45) is 5.92 Å². The van der Waals surface area contributed by atoms with Gasteiger partial charge in [0.25, 0.3) is 0 Å². The second-order valence-corrected chi connectivity index (χ2v) is 7.31. The Kier molecular flexibility index (Phi) is 7.19. The van der Waals surface area contributed by atoms with Crippen molar-refractivity contribution in [2.45, 2.75) is 57.9 Å². The van der Waals surface area contributed by atoms with Crippen molar-refractivity contribution in [1.82, 2.24) is 10.0 Å². The summed E-state index contributed by atoms with van der Waals surface area (Å²) in [7, 11) is -3.04. The van der Waals surface area contributed by atoms with Crippen LogP contribution in [-0.4, -0.2) is 33.8 Å². The zero-order chi connectivity index (χ0) is 13.4. The van der Waals surface area contributed by atoms with Crippen molar-refractivity contribution in [1.29, 1.82) is 0 Å². The zero-order valence-corrected chi connectivity index (χ0v) is 12.6. The normalized spacial score (nSPS) is 25.9. The third-order valence-corrected chi connectivity index (χ3v) is 4.44. The van der Waals surface area contributed by atoms with Crippen LogP contribution in [0.5, 0.6) is 0 Å². The van der Waals surface area contributed by atoms with Gasteiger partial charge in [0.1, 0.15) is 0 Å². The van der Waals surface area contributed by atoms with E-state index in [1.165, 1.54) is 51.2 Å². The largest absolute Gasteiger partial charge is 0.313 e. The maximum atomic E-state index is 10.9. The lowest BCUT2D eigenvalue weighted by atomic mass is 9.95. The Labute approximate surface area is 112 Å². The summed E-state index contributed by atoms with van der Waals surface area (Å²) in [6.45, 7) is 3.49. The molecular formula is C13H28N2O2S. The summed E-state index contributed by atoms with van der Waals surface area (Å²) < 4.78 is 24.3. The molecule has 4 nitrogen and oxygen atoms in total. The molecule has 1 aliphatic carbocycles. The van der Waals surface area contributed by atoms with E-state index in [1.54, 1.807) is 0 Å². The van der Waals surface area contributed by atoms with Gasteiger partial charge in [0.15, 0.2) is 0 Å². The highest BCUT2D eigenvalue weighted by molar-refractivity contribution is 7.88. The number of hydrogen-bond acceptors (Lipinski definition) is 3. The fourth-order valence-corrected chi connectivity index (χ4v) is 3.27. The van der Waals surface area contributed by atoms with Gasteiger partial charge in [0.05, 0.1) is 6.26 Å². The van der Waals surface area contributed by atoms with Gasteiger partial charge in [-0.15, -0.1) is 0 Å². The summed E-state index contributed by atoms with van der Waals surface area (Å²) in [4.78, 5) is 0. The molecule has 0 aromatic carbocycles. The standard InChI is InChI=1S/C13H28N2O2S/c1-3-5-12-6-4-7-13(9-8-12)14-10-11-15-18(2,16)17/h12-15H,3-11H2,1-2H3. The summed E-state index contributed by atoms with van der Waals surface area (Å²) >= 11 is 0. The van der Waals surface area contributed by atoms with Crippen LogP contribution in [0.4, 0.5) is 0 Å². The number of sulfonamides is 1. The minimum atomic E-state index is -3.04. The molecule has 0 radical (unpaired) electrons. The Morgan fingerprint density at radius 3 is 2.56 bits per heavy atom. The van der Waals surface area contributed by atoms with E-state index in [0.717, 1.165) is 12.5 Å². The molecule has 0 aromatic heterocycles. The summed E-state index contributed by atoms with van der Waals surface area (Å²) in [5, 5.41) is 3.47. The third-order valence-electron chi connectivity index (χ3n) is 3.71. The van der Waals surface area contributed by atoms with Crippen LogP contribution in [0.3, 0.4) is 0 Å². The molecule has 0 aliphatic heterocycles. The van der Waals surface area contributed by atoms with Crippen LogP contribution >= 0.6 is 0 Å². The van der Waals surface area contributed by atoms with Gasteiger partial charge in [-0.25, -0.2) is 13.1 Å². The maximum absolute atomic E-state index is 10.9. The van der Waals surface area contributed by atoms with Gasteiger partial charge in [0, 0.05) is 19.1 Å². The molecule has 2 unspecified atom stereocenters. The van der Waals surface area contributed by atoms with E-state index >= 15 is 0 Å². The van der Waals surface area contributed by atoms with Crippen LogP contribution in [0, 0.1) is 5.92 Å². The number of rotatable bonds is 7. The van der Waals surface area contributed by atoms with Crippen molar-refractivity contribution in [2.75, 3.05) is 19.3 Å². The first-order chi connectivity index (χ1) is 8.51. The summed E-state index contributed by atoms with van der Waals surface area (Å²) in [5.41, 5.74) is 0. The van der Waals surface area contributed by atoms with Gasteiger partial charge in [0.2, 0.25) is 10.0 Å². The summed E-state index contributed by atoms with van der Waals surface area (Å²) in [5.74, 6) is 0.913. The smallest absolute Gasteiger partial charge is 0.208 e. The molecule has 1 rings (SSSR count). The quantitative estimate of drug-likeness (QED) is 0.551. The molecule has 5 heteroatoms. The highest BCUT2D eigenvalue weighted by Crippen LogP contribution is 2.26. The summed E-state index contributed by atoms with van der Waals surface area (Å²) in [6, 6.07) is 0.577. The lowest BCUT2D eigenvalue weighted by Crippen LogP contribution is -2.36. The van der Waals surface area contributed by atoms with E-state index in [0.29, 0.717) is 12.6 Å². The Bertz CT molecular complexity index is 317. The van der Waals surface area contributed by atoms with Crippen molar-refractivity contribution in [3.63, 3.8) is 0 Å². The molecule has 108 valence electrons. The Morgan fingerprint density at radius 2 is 1.89 bits per heavy atom. The van der Waals surface area contributed by atoms with Crippen LogP contribution in [0.1, 0.15) is 51.9 Å². The molecule has 0 aromatic rings. The molecule has 1 saturated carbocycles. The van der Waals surface area contributed by atoms with Crippen molar-refractivity contribution >= 4 is 10.0 Å². The number of nitrogens with one attached hydrogen (secondary N) is 2. The van der Waals surface area contributed by atoms with Crippen LogP contribution in [0.2, 0.25) is 0 Å². The third kappa shape index (κ3) is 7.34. The molecule has 0 heterocycles. The molecule has 0 saturated heterocycles.